The topological polar surface area (TPSA) is 63.9 Å². The molecule has 0 saturated carbocycles. The molecule has 0 atom stereocenters. The molecule has 4 aromatic rings. The van der Waals surface area contributed by atoms with Crippen LogP contribution in [0.3, 0.4) is 0 Å². The highest BCUT2D eigenvalue weighted by Crippen LogP contribution is 2.40. The highest BCUT2D eigenvalue weighted by Gasteiger charge is 2.18. The lowest BCUT2D eigenvalue weighted by Gasteiger charge is -2.06. The van der Waals surface area contributed by atoms with Gasteiger partial charge in [0.05, 0.1) is 22.0 Å². The Hall–Kier alpha value is -2.74. The Morgan fingerprint density at radius 2 is 2.04 bits per heavy atom. The highest BCUT2D eigenvalue weighted by molar-refractivity contribution is 7.19. The molecule has 0 unspecified atom stereocenters. The van der Waals surface area contributed by atoms with E-state index in [1.54, 1.807) is 35.9 Å². The van der Waals surface area contributed by atoms with Gasteiger partial charge in [-0.2, -0.15) is 0 Å². The zero-order valence-electron chi connectivity index (χ0n) is 14.0. The summed E-state index contributed by atoms with van der Waals surface area (Å²) in [6, 6.07) is 4.04. The molecule has 4 rings (SSSR count). The number of thiazole rings is 1. The van der Waals surface area contributed by atoms with Crippen LogP contribution < -0.4 is 0 Å². The van der Waals surface area contributed by atoms with E-state index in [1.807, 2.05) is 17.5 Å². The van der Waals surface area contributed by atoms with E-state index >= 15 is 0 Å². The van der Waals surface area contributed by atoms with Gasteiger partial charge in [-0.05, 0) is 30.3 Å². The van der Waals surface area contributed by atoms with Crippen molar-refractivity contribution in [2.24, 2.45) is 4.99 Å². The third-order valence-corrected chi connectivity index (χ3v) is 6.14. The summed E-state index contributed by atoms with van der Waals surface area (Å²) in [7, 11) is 0. The molecule has 0 fully saturated rings. The zero-order valence-corrected chi connectivity index (χ0v) is 16.4. The van der Waals surface area contributed by atoms with Crippen LogP contribution in [0.25, 0.3) is 36.9 Å². The summed E-state index contributed by atoms with van der Waals surface area (Å²) in [5.74, 6) is 0. The number of nitrogens with zero attached hydrogens (tertiary/aromatic N) is 5. The molecule has 0 bridgehead atoms. The van der Waals surface area contributed by atoms with Crippen LogP contribution in [0.4, 0.5) is 0 Å². The molecule has 8 heteroatoms. The average molecular weight is 410 g/mol. The van der Waals surface area contributed by atoms with Crippen molar-refractivity contribution < 1.29 is 0 Å². The number of aliphatic imine (C=N–C) groups is 1. The largest absolute Gasteiger partial charge is 0.262 e. The molecule has 4 aromatic heterocycles. The molecule has 0 aliphatic rings. The molecule has 0 saturated heterocycles. The first kappa shape index (κ1) is 17.7. The molecule has 0 amide bonds. The van der Waals surface area contributed by atoms with Gasteiger partial charge in [0, 0.05) is 28.0 Å². The third-order valence-electron chi connectivity index (χ3n) is 3.77. The maximum absolute atomic E-state index is 6.44. The van der Waals surface area contributed by atoms with Gasteiger partial charge < -0.3 is 0 Å². The molecule has 27 heavy (non-hydrogen) atoms. The monoisotopic (exact) mass is 409 g/mol. The van der Waals surface area contributed by atoms with Gasteiger partial charge in [0.25, 0.3) is 0 Å². The molecule has 0 spiro atoms. The fourth-order valence-electron chi connectivity index (χ4n) is 2.59. The van der Waals surface area contributed by atoms with Crippen LogP contribution >= 0.6 is 34.3 Å². The number of aromatic nitrogens is 4. The lowest BCUT2D eigenvalue weighted by atomic mass is 10.1. The van der Waals surface area contributed by atoms with Gasteiger partial charge in [-0.3, -0.25) is 4.99 Å². The number of pyridine rings is 1. The Bertz CT molecular complexity index is 1180. The van der Waals surface area contributed by atoms with Crippen molar-refractivity contribution in [3.63, 3.8) is 0 Å². The van der Waals surface area contributed by atoms with Crippen molar-refractivity contribution in [1.29, 1.82) is 0 Å². The summed E-state index contributed by atoms with van der Waals surface area (Å²) >= 11 is 9.52. The second-order valence-electron chi connectivity index (χ2n) is 5.40. The van der Waals surface area contributed by atoms with Gasteiger partial charge in [-0.1, -0.05) is 24.3 Å². The summed E-state index contributed by atoms with van der Waals surface area (Å²) in [6.45, 7) is 7.40. The smallest absolute Gasteiger partial charge is 0.150 e. The minimum absolute atomic E-state index is 0.397. The van der Waals surface area contributed by atoms with E-state index in [0.717, 1.165) is 36.9 Å². The van der Waals surface area contributed by atoms with Crippen LogP contribution in [0.5, 0.6) is 0 Å². The Morgan fingerprint density at radius 3 is 2.78 bits per heavy atom. The van der Waals surface area contributed by atoms with Crippen molar-refractivity contribution in [1.82, 2.24) is 19.9 Å². The van der Waals surface area contributed by atoms with Crippen molar-refractivity contribution >= 4 is 56.8 Å². The molecule has 0 aliphatic heterocycles. The van der Waals surface area contributed by atoms with Crippen LogP contribution in [0.15, 0.2) is 60.0 Å². The van der Waals surface area contributed by atoms with E-state index in [1.165, 1.54) is 17.7 Å². The van der Waals surface area contributed by atoms with Crippen molar-refractivity contribution in [2.45, 2.75) is 0 Å². The quantitative estimate of drug-likeness (QED) is 0.310. The fourth-order valence-corrected chi connectivity index (χ4v) is 4.65. The van der Waals surface area contributed by atoms with E-state index in [0.29, 0.717) is 10.9 Å². The standard InChI is InChI=1S/C19H12ClN5S2/c1-3-4-13(21-2)16-12-5-6-26-15(12)7-14(24-16)17-18(20)25-19(27-17)11-8-22-10-23-9-11/h3-10H,1-2H2/b13-4-. The fraction of sp³-hybridized carbons (Fsp3) is 0. The van der Waals surface area contributed by atoms with E-state index < -0.39 is 0 Å². The minimum Gasteiger partial charge on any atom is -0.262 e. The molecular formula is C19H12ClN5S2. The Labute approximate surface area is 168 Å². The number of rotatable bonds is 5. The van der Waals surface area contributed by atoms with Crippen LogP contribution in [-0.4, -0.2) is 26.7 Å². The lowest BCUT2D eigenvalue weighted by Crippen LogP contribution is -1.91. The normalized spacial score (nSPS) is 11.7. The predicted molar refractivity (Wildman–Crippen MR) is 114 cm³/mol. The number of allylic oxidation sites excluding steroid dienone is 2. The number of hydrogen-bond acceptors (Lipinski definition) is 7. The summed E-state index contributed by atoms with van der Waals surface area (Å²) in [5, 5.41) is 4.18. The van der Waals surface area contributed by atoms with E-state index in [-0.39, 0.29) is 0 Å². The van der Waals surface area contributed by atoms with Gasteiger partial charge in [0.2, 0.25) is 0 Å². The van der Waals surface area contributed by atoms with Crippen LogP contribution in [0, 0.1) is 0 Å². The highest BCUT2D eigenvalue weighted by atomic mass is 35.5. The van der Waals surface area contributed by atoms with Crippen molar-refractivity contribution in [2.75, 3.05) is 0 Å². The van der Waals surface area contributed by atoms with E-state index in [9.17, 15) is 0 Å². The lowest BCUT2D eigenvalue weighted by molar-refractivity contribution is 1.17. The molecular weight excluding hydrogens is 398 g/mol. The Balaban J connectivity index is 1.90. The second kappa shape index (κ2) is 7.48. The summed E-state index contributed by atoms with van der Waals surface area (Å²) in [6.07, 6.45) is 8.36. The first-order valence-corrected chi connectivity index (χ1v) is 9.89. The van der Waals surface area contributed by atoms with Gasteiger partial charge >= 0.3 is 0 Å². The van der Waals surface area contributed by atoms with Crippen LogP contribution in [0.2, 0.25) is 5.15 Å². The maximum atomic E-state index is 6.44. The molecule has 0 radical (unpaired) electrons. The third kappa shape index (κ3) is 3.32. The SMILES string of the molecule is C=C/C=C(\N=C)c1nc(-c2sc(-c3cncnc3)nc2Cl)cc2sccc12. The first-order chi connectivity index (χ1) is 13.2. The van der Waals surface area contributed by atoms with Gasteiger partial charge in [0.1, 0.15) is 16.5 Å². The molecule has 0 aliphatic carbocycles. The van der Waals surface area contributed by atoms with Crippen LogP contribution in [0.1, 0.15) is 5.69 Å². The molecule has 132 valence electrons. The second-order valence-corrected chi connectivity index (χ2v) is 7.71. The molecule has 4 heterocycles. The molecule has 5 nitrogen and oxygen atoms in total. The zero-order chi connectivity index (χ0) is 18.8. The summed E-state index contributed by atoms with van der Waals surface area (Å²) in [4.78, 5) is 22.2. The number of halogens is 1. The number of hydrogen-bond donors (Lipinski definition) is 0. The Kier molecular flexibility index (Phi) is 4.89. The molecule has 0 aromatic carbocycles. The van der Waals surface area contributed by atoms with Crippen LogP contribution in [-0.2, 0) is 0 Å². The van der Waals surface area contributed by atoms with E-state index in [4.69, 9.17) is 16.6 Å². The minimum atomic E-state index is 0.397. The van der Waals surface area contributed by atoms with Crippen molar-refractivity contribution in [3.8, 4) is 21.1 Å². The average Bonchev–Trinajstić information content (AvgIpc) is 3.32. The number of fused-ring (bicyclic) bond motifs is 1. The van der Waals surface area contributed by atoms with E-state index in [2.05, 4.69) is 33.2 Å². The van der Waals surface area contributed by atoms with Gasteiger partial charge in [-0.25, -0.2) is 19.9 Å². The molecule has 0 N–H and O–H groups in total. The van der Waals surface area contributed by atoms with Crippen molar-refractivity contribution in [3.05, 3.63) is 65.8 Å². The maximum Gasteiger partial charge on any atom is 0.150 e. The van der Waals surface area contributed by atoms with Gasteiger partial charge in [-0.15, -0.1) is 22.7 Å². The summed E-state index contributed by atoms with van der Waals surface area (Å²) in [5.41, 5.74) is 2.96. The first-order valence-electron chi connectivity index (χ1n) is 7.81. The summed E-state index contributed by atoms with van der Waals surface area (Å²) < 4.78 is 1.09. The Morgan fingerprint density at radius 1 is 1.22 bits per heavy atom. The van der Waals surface area contributed by atoms with Gasteiger partial charge in [0.15, 0.2) is 0 Å². The number of thiophene rings is 1. The predicted octanol–water partition coefficient (Wildman–Crippen LogP) is 5.76.